The van der Waals surface area contributed by atoms with Gasteiger partial charge in [0.15, 0.2) is 0 Å². The van der Waals surface area contributed by atoms with Gasteiger partial charge in [-0.15, -0.1) is 0 Å². The first-order chi connectivity index (χ1) is 12.0. The fraction of sp³-hybridized carbons (Fsp3) is 0.294. The summed E-state index contributed by atoms with van der Waals surface area (Å²) in [5.41, 5.74) is 0.699. The van der Waals surface area contributed by atoms with Crippen LogP contribution in [-0.2, 0) is 6.18 Å². The lowest BCUT2D eigenvalue weighted by Crippen LogP contribution is -2.43. The average molecular weight is 364 g/mol. The summed E-state index contributed by atoms with van der Waals surface area (Å²) >= 11 is 1.27. The molecule has 0 aliphatic carbocycles. The number of halogens is 3. The van der Waals surface area contributed by atoms with Gasteiger partial charge >= 0.3 is 6.18 Å². The van der Waals surface area contributed by atoms with Crippen LogP contribution in [-0.4, -0.2) is 31.2 Å². The third-order valence-corrected chi connectivity index (χ3v) is 4.82. The molecule has 1 saturated heterocycles. The zero-order valence-electron chi connectivity index (χ0n) is 13.2. The number of hydrogen-bond acceptors (Lipinski definition) is 5. The summed E-state index contributed by atoms with van der Waals surface area (Å²) in [6.07, 6.45) is -3.57. The number of hydrogen-bond donors (Lipinski definition) is 1. The molecule has 25 heavy (non-hydrogen) atoms. The summed E-state index contributed by atoms with van der Waals surface area (Å²) in [4.78, 5) is 6.92. The predicted octanol–water partition coefficient (Wildman–Crippen LogP) is 3.53. The highest BCUT2D eigenvalue weighted by Gasteiger charge is 2.30. The fourth-order valence-corrected chi connectivity index (χ4v) is 3.51. The molecule has 0 bridgehead atoms. The molecule has 1 aromatic carbocycles. The van der Waals surface area contributed by atoms with E-state index in [-0.39, 0.29) is 0 Å². The molecule has 0 spiro atoms. The Labute approximate surface area is 147 Å². The second-order valence-corrected chi connectivity index (χ2v) is 6.58. The molecule has 4 nitrogen and oxygen atoms in total. The van der Waals surface area contributed by atoms with Crippen LogP contribution < -0.4 is 10.2 Å². The molecule has 0 atom stereocenters. The van der Waals surface area contributed by atoms with Crippen LogP contribution in [0.2, 0.25) is 0 Å². The highest BCUT2D eigenvalue weighted by atomic mass is 32.2. The summed E-state index contributed by atoms with van der Waals surface area (Å²) in [6, 6.07) is 9.86. The molecule has 2 heterocycles. The molecular formula is C17H15F3N4S. The zero-order valence-corrected chi connectivity index (χ0v) is 14.0. The van der Waals surface area contributed by atoms with Gasteiger partial charge in [-0.1, -0.05) is 11.8 Å². The van der Waals surface area contributed by atoms with E-state index in [4.69, 9.17) is 5.26 Å². The van der Waals surface area contributed by atoms with Crippen LogP contribution in [0.5, 0.6) is 0 Å². The largest absolute Gasteiger partial charge is 0.417 e. The Hall–Kier alpha value is -2.24. The topological polar surface area (TPSA) is 52.0 Å². The number of nitrogens with zero attached hydrogens (tertiary/aromatic N) is 3. The third kappa shape index (κ3) is 4.24. The number of nitriles is 1. The van der Waals surface area contributed by atoms with E-state index in [0.29, 0.717) is 10.6 Å². The van der Waals surface area contributed by atoms with Crippen molar-refractivity contribution in [1.82, 2.24) is 10.3 Å². The number of rotatable bonds is 3. The highest BCUT2D eigenvalue weighted by Crippen LogP contribution is 2.36. The number of pyridine rings is 1. The van der Waals surface area contributed by atoms with Gasteiger partial charge in [0.05, 0.1) is 22.9 Å². The van der Waals surface area contributed by atoms with Gasteiger partial charge in [-0.05, 0) is 30.3 Å². The lowest BCUT2D eigenvalue weighted by molar-refractivity contribution is -0.137. The van der Waals surface area contributed by atoms with E-state index in [2.05, 4.69) is 21.3 Å². The molecule has 1 fully saturated rings. The maximum atomic E-state index is 12.7. The van der Waals surface area contributed by atoms with Gasteiger partial charge in [0.2, 0.25) is 0 Å². The molecule has 1 aliphatic heterocycles. The van der Waals surface area contributed by atoms with Gasteiger partial charge in [-0.3, -0.25) is 0 Å². The lowest BCUT2D eigenvalue weighted by atomic mass is 10.2. The van der Waals surface area contributed by atoms with Gasteiger partial charge in [0, 0.05) is 37.3 Å². The first kappa shape index (κ1) is 17.6. The Balaban J connectivity index is 1.88. The number of benzene rings is 1. The molecule has 130 valence electrons. The van der Waals surface area contributed by atoms with Crippen molar-refractivity contribution >= 4 is 17.4 Å². The molecule has 8 heteroatoms. The number of nitrogens with one attached hydrogen (secondary N) is 1. The Morgan fingerprint density at radius 2 is 1.92 bits per heavy atom. The minimum Gasteiger partial charge on any atom is -0.368 e. The van der Waals surface area contributed by atoms with Crippen LogP contribution in [0, 0.1) is 11.3 Å². The normalized spacial score (nSPS) is 15.0. The van der Waals surface area contributed by atoms with E-state index in [1.54, 1.807) is 12.1 Å². The van der Waals surface area contributed by atoms with Gasteiger partial charge in [-0.25, -0.2) is 4.98 Å². The molecule has 1 N–H and O–H groups in total. The lowest BCUT2D eigenvalue weighted by Gasteiger charge is -2.31. The van der Waals surface area contributed by atoms with Gasteiger partial charge in [0.25, 0.3) is 0 Å². The van der Waals surface area contributed by atoms with Crippen molar-refractivity contribution in [3.8, 4) is 6.07 Å². The smallest absolute Gasteiger partial charge is 0.368 e. The second kappa shape index (κ2) is 7.33. The molecule has 1 aliphatic rings. The minimum absolute atomic E-state index is 0.458. The predicted molar refractivity (Wildman–Crippen MR) is 89.6 cm³/mol. The van der Waals surface area contributed by atoms with Crippen LogP contribution in [0.15, 0.2) is 46.5 Å². The number of aromatic nitrogens is 1. The van der Waals surface area contributed by atoms with Crippen molar-refractivity contribution in [3.63, 3.8) is 0 Å². The van der Waals surface area contributed by atoms with Crippen molar-refractivity contribution < 1.29 is 13.2 Å². The zero-order chi connectivity index (χ0) is 17.9. The summed E-state index contributed by atoms with van der Waals surface area (Å²) in [6.45, 7) is 3.39. The third-order valence-electron chi connectivity index (χ3n) is 3.82. The number of alkyl halides is 3. The van der Waals surface area contributed by atoms with Crippen LogP contribution in [0.25, 0.3) is 0 Å². The van der Waals surface area contributed by atoms with Crippen LogP contribution in [0.3, 0.4) is 0 Å². The first-order valence-corrected chi connectivity index (χ1v) is 8.50. The van der Waals surface area contributed by atoms with Crippen molar-refractivity contribution in [3.05, 3.63) is 47.7 Å². The second-order valence-electron chi connectivity index (χ2n) is 5.52. The maximum absolute atomic E-state index is 12.7. The molecular weight excluding hydrogens is 349 g/mol. The molecule has 0 saturated carbocycles. The van der Waals surface area contributed by atoms with E-state index in [9.17, 15) is 13.2 Å². The van der Waals surface area contributed by atoms with Crippen LogP contribution in [0.4, 0.5) is 18.9 Å². The Bertz CT molecular complexity index is 778. The first-order valence-electron chi connectivity index (χ1n) is 7.68. The number of piperazine rings is 1. The van der Waals surface area contributed by atoms with E-state index in [1.807, 2.05) is 6.07 Å². The fourth-order valence-electron chi connectivity index (χ4n) is 2.55. The summed E-state index contributed by atoms with van der Waals surface area (Å²) < 4.78 is 38.0. The Morgan fingerprint density at radius 3 is 2.52 bits per heavy atom. The van der Waals surface area contributed by atoms with Crippen molar-refractivity contribution in [2.75, 3.05) is 31.1 Å². The van der Waals surface area contributed by atoms with E-state index in [1.165, 1.54) is 17.8 Å². The molecule has 1 aromatic heterocycles. The van der Waals surface area contributed by atoms with Crippen molar-refractivity contribution in [2.45, 2.75) is 16.1 Å². The average Bonchev–Trinajstić information content (AvgIpc) is 2.62. The van der Waals surface area contributed by atoms with E-state index in [0.717, 1.165) is 49.0 Å². The van der Waals surface area contributed by atoms with Gasteiger partial charge < -0.3 is 10.2 Å². The maximum Gasteiger partial charge on any atom is 0.417 e. The Morgan fingerprint density at radius 1 is 1.16 bits per heavy atom. The van der Waals surface area contributed by atoms with E-state index < -0.39 is 11.7 Å². The summed E-state index contributed by atoms with van der Waals surface area (Å²) in [5, 5.41) is 12.9. The van der Waals surface area contributed by atoms with Crippen molar-refractivity contribution in [1.29, 1.82) is 5.26 Å². The monoisotopic (exact) mass is 364 g/mol. The summed E-state index contributed by atoms with van der Waals surface area (Å²) in [7, 11) is 0. The molecule has 0 radical (unpaired) electrons. The summed E-state index contributed by atoms with van der Waals surface area (Å²) in [5.74, 6) is 0. The quantitative estimate of drug-likeness (QED) is 0.903. The molecule has 3 rings (SSSR count). The minimum atomic E-state index is -4.40. The standard InChI is InChI=1S/C17H15F3N4S/c18-17(19,20)13-2-4-16(23-11-13)25-15-9-12(10-21)1-3-14(15)24-7-5-22-6-8-24/h1-4,9,11,22H,5-8H2. The molecule has 0 unspecified atom stereocenters. The molecule has 2 aromatic rings. The van der Waals surface area contributed by atoms with Crippen LogP contribution in [0.1, 0.15) is 11.1 Å². The SMILES string of the molecule is N#Cc1ccc(N2CCNCC2)c(Sc2ccc(C(F)(F)F)cn2)c1. The van der Waals surface area contributed by atoms with Gasteiger partial charge in [-0.2, -0.15) is 18.4 Å². The Kier molecular flexibility index (Phi) is 5.16. The van der Waals surface area contributed by atoms with Crippen LogP contribution >= 0.6 is 11.8 Å². The van der Waals surface area contributed by atoms with E-state index >= 15 is 0 Å². The van der Waals surface area contributed by atoms with Crippen molar-refractivity contribution in [2.24, 2.45) is 0 Å². The molecule has 0 amide bonds. The highest BCUT2D eigenvalue weighted by molar-refractivity contribution is 7.99. The van der Waals surface area contributed by atoms with Gasteiger partial charge in [0.1, 0.15) is 5.03 Å². The number of anilines is 1.